The molecular weight excluding hydrogens is 274 g/mol. The third-order valence-electron chi connectivity index (χ3n) is 4.26. The highest BCUT2D eigenvalue weighted by Gasteiger charge is 2.25. The van der Waals surface area contributed by atoms with Crippen LogP contribution in [0.4, 0.5) is 5.69 Å². The summed E-state index contributed by atoms with van der Waals surface area (Å²) in [6, 6.07) is 10.3. The molecule has 1 amide bonds. The summed E-state index contributed by atoms with van der Waals surface area (Å²) in [5, 5.41) is 9.40. The molecule has 1 heterocycles. The van der Waals surface area contributed by atoms with Gasteiger partial charge >= 0.3 is 0 Å². The van der Waals surface area contributed by atoms with Gasteiger partial charge in [-0.1, -0.05) is 25.0 Å². The number of hydrogen-bond acceptors (Lipinski definition) is 3. The number of likely N-dealkylation sites (tertiary alicyclic amines) is 1. The van der Waals surface area contributed by atoms with Crippen molar-refractivity contribution in [2.45, 2.75) is 32.1 Å². The van der Waals surface area contributed by atoms with Gasteiger partial charge in [0, 0.05) is 32.9 Å². The summed E-state index contributed by atoms with van der Waals surface area (Å²) in [6.07, 6.45) is 4.99. The van der Waals surface area contributed by atoms with Crippen LogP contribution in [0.15, 0.2) is 24.3 Å². The Morgan fingerprint density at radius 1 is 1.18 bits per heavy atom. The molecule has 1 aliphatic rings. The number of benzene rings is 1. The van der Waals surface area contributed by atoms with Gasteiger partial charge in [-0.05, 0) is 37.0 Å². The molecule has 4 nitrogen and oxygen atoms in total. The first kappa shape index (κ1) is 16.4. The number of carbonyl (C=O) groups excluding carboxylic acids is 1. The number of hydrogen-bond donors (Lipinski definition) is 0. The fourth-order valence-corrected chi connectivity index (χ4v) is 2.87. The van der Waals surface area contributed by atoms with Crippen LogP contribution in [0.25, 0.3) is 0 Å². The third-order valence-corrected chi connectivity index (χ3v) is 4.26. The minimum atomic E-state index is -0.566. The number of nitriles is 1. The zero-order valence-electron chi connectivity index (χ0n) is 13.6. The first-order chi connectivity index (χ1) is 10.6. The van der Waals surface area contributed by atoms with Gasteiger partial charge in [-0.25, -0.2) is 0 Å². The van der Waals surface area contributed by atoms with Crippen molar-refractivity contribution in [2.24, 2.45) is 5.92 Å². The first-order valence-corrected chi connectivity index (χ1v) is 8.06. The lowest BCUT2D eigenvalue weighted by molar-refractivity contribution is -0.133. The molecule has 1 aromatic carbocycles. The number of amides is 1. The van der Waals surface area contributed by atoms with E-state index in [0.29, 0.717) is 6.42 Å². The monoisotopic (exact) mass is 299 g/mol. The first-order valence-electron chi connectivity index (χ1n) is 8.06. The van der Waals surface area contributed by atoms with Gasteiger partial charge in [-0.2, -0.15) is 5.26 Å². The Morgan fingerprint density at radius 2 is 1.77 bits per heavy atom. The molecule has 1 saturated heterocycles. The predicted octanol–water partition coefficient (Wildman–Crippen LogP) is 2.84. The van der Waals surface area contributed by atoms with Crippen LogP contribution in [-0.2, 0) is 11.2 Å². The van der Waals surface area contributed by atoms with E-state index in [1.54, 1.807) is 0 Å². The number of rotatable bonds is 4. The number of carbonyl (C=O) groups is 1. The lowest BCUT2D eigenvalue weighted by atomic mass is 9.98. The Morgan fingerprint density at radius 3 is 2.27 bits per heavy atom. The predicted molar refractivity (Wildman–Crippen MR) is 88.6 cm³/mol. The minimum absolute atomic E-state index is 0.00101. The highest BCUT2D eigenvalue weighted by molar-refractivity contribution is 5.81. The maximum atomic E-state index is 12.6. The molecule has 1 atom stereocenters. The lowest BCUT2D eigenvalue weighted by Crippen LogP contribution is -2.37. The Labute approximate surface area is 133 Å². The van der Waals surface area contributed by atoms with Crippen LogP contribution in [0, 0.1) is 17.2 Å². The van der Waals surface area contributed by atoms with Crippen molar-refractivity contribution in [3.63, 3.8) is 0 Å². The fourth-order valence-electron chi connectivity index (χ4n) is 2.87. The molecule has 0 saturated carbocycles. The normalized spacial score (nSPS) is 16.5. The van der Waals surface area contributed by atoms with Gasteiger partial charge in [0.2, 0.25) is 5.91 Å². The van der Waals surface area contributed by atoms with E-state index < -0.39 is 5.92 Å². The van der Waals surface area contributed by atoms with Crippen LogP contribution >= 0.6 is 0 Å². The smallest absolute Gasteiger partial charge is 0.240 e. The van der Waals surface area contributed by atoms with Crippen molar-refractivity contribution < 1.29 is 4.79 Å². The molecule has 2 rings (SSSR count). The topological polar surface area (TPSA) is 47.3 Å². The van der Waals surface area contributed by atoms with Crippen molar-refractivity contribution in [2.75, 3.05) is 32.1 Å². The molecule has 0 spiro atoms. The van der Waals surface area contributed by atoms with E-state index in [4.69, 9.17) is 0 Å². The van der Waals surface area contributed by atoms with E-state index in [9.17, 15) is 10.1 Å². The van der Waals surface area contributed by atoms with E-state index in [1.165, 1.54) is 12.8 Å². The van der Waals surface area contributed by atoms with Gasteiger partial charge < -0.3 is 9.80 Å². The van der Waals surface area contributed by atoms with Crippen LogP contribution in [0.5, 0.6) is 0 Å². The second kappa shape index (κ2) is 7.84. The molecule has 1 fully saturated rings. The summed E-state index contributed by atoms with van der Waals surface area (Å²) in [4.78, 5) is 16.5. The van der Waals surface area contributed by atoms with Gasteiger partial charge in [0.25, 0.3) is 0 Å². The lowest BCUT2D eigenvalue weighted by Gasteiger charge is -2.23. The molecular formula is C18H25N3O. The van der Waals surface area contributed by atoms with Crippen LogP contribution in [0.1, 0.15) is 31.2 Å². The third kappa shape index (κ3) is 4.24. The zero-order valence-corrected chi connectivity index (χ0v) is 13.6. The van der Waals surface area contributed by atoms with E-state index in [0.717, 1.165) is 37.2 Å². The van der Waals surface area contributed by atoms with Crippen molar-refractivity contribution in [3.05, 3.63) is 29.8 Å². The maximum Gasteiger partial charge on any atom is 0.240 e. The molecule has 1 aliphatic heterocycles. The summed E-state index contributed by atoms with van der Waals surface area (Å²) in [5.41, 5.74) is 2.16. The average molecular weight is 299 g/mol. The second-order valence-corrected chi connectivity index (χ2v) is 6.19. The molecule has 4 heteroatoms. The van der Waals surface area contributed by atoms with Crippen LogP contribution < -0.4 is 4.90 Å². The van der Waals surface area contributed by atoms with E-state index in [-0.39, 0.29) is 5.91 Å². The van der Waals surface area contributed by atoms with Crippen molar-refractivity contribution in [1.29, 1.82) is 5.26 Å². The van der Waals surface area contributed by atoms with Gasteiger partial charge in [-0.15, -0.1) is 0 Å². The number of anilines is 1. The molecule has 0 radical (unpaired) electrons. The Kier molecular flexibility index (Phi) is 5.83. The molecule has 1 unspecified atom stereocenters. The van der Waals surface area contributed by atoms with Gasteiger partial charge in [0.15, 0.2) is 0 Å². The molecule has 0 bridgehead atoms. The van der Waals surface area contributed by atoms with E-state index >= 15 is 0 Å². The Balaban J connectivity index is 2.01. The Hall–Kier alpha value is -2.02. The summed E-state index contributed by atoms with van der Waals surface area (Å²) in [6.45, 7) is 1.60. The molecule has 0 aliphatic carbocycles. The van der Waals surface area contributed by atoms with Crippen LogP contribution in [0.2, 0.25) is 0 Å². The van der Waals surface area contributed by atoms with Crippen molar-refractivity contribution in [3.8, 4) is 6.07 Å². The van der Waals surface area contributed by atoms with Gasteiger partial charge in [-0.3, -0.25) is 4.79 Å². The quantitative estimate of drug-likeness (QED) is 0.859. The van der Waals surface area contributed by atoms with Gasteiger partial charge in [0.05, 0.1) is 6.07 Å². The highest BCUT2D eigenvalue weighted by atomic mass is 16.2. The maximum absolute atomic E-state index is 12.6. The molecule has 1 aromatic rings. The Bertz CT molecular complexity index is 522. The fraction of sp³-hybridized carbons (Fsp3) is 0.556. The zero-order chi connectivity index (χ0) is 15.9. The van der Waals surface area contributed by atoms with Gasteiger partial charge in [0.1, 0.15) is 5.92 Å². The van der Waals surface area contributed by atoms with E-state index in [1.807, 2.05) is 48.2 Å². The summed E-state index contributed by atoms with van der Waals surface area (Å²) < 4.78 is 0. The molecule has 22 heavy (non-hydrogen) atoms. The largest absolute Gasteiger partial charge is 0.378 e. The highest BCUT2D eigenvalue weighted by Crippen LogP contribution is 2.18. The molecule has 0 aromatic heterocycles. The van der Waals surface area contributed by atoms with Crippen molar-refractivity contribution in [1.82, 2.24) is 4.90 Å². The minimum Gasteiger partial charge on any atom is -0.378 e. The summed E-state index contributed by atoms with van der Waals surface area (Å²) in [7, 11) is 3.99. The van der Waals surface area contributed by atoms with Crippen LogP contribution in [0.3, 0.4) is 0 Å². The molecule has 0 N–H and O–H groups in total. The second-order valence-electron chi connectivity index (χ2n) is 6.19. The SMILES string of the molecule is CN(C)c1ccc(CC(C#N)C(=O)N2CCCCCC2)cc1. The average Bonchev–Trinajstić information content (AvgIpc) is 2.81. The van der Waals surface area contributed by atoms with Crippen LogP contribution in [-0.4, -0.2) is 38.0 Å². The summed E-state index contributed by atoms with van der Waals surface area (Å²) >= 11 is 0. The van der Waals surface area contributed by atoms with E-state index in [2.05, 4.69) is 6.07 Å². The molecule has 118 valence electrons. The standard InChI is InChI=1S/C18H25N3O/c1-20(2)17-9-7-15(8-10-17)13-16(14-19)18(22)21-11-5-3-4-6-12-21/h7-10,16H,3-6,11-13H2,1-2H3. The summed E-state index contributed by atoms with van der Waals surface area (Å²) in [5.74, 6) is -0.565. The number of nitrogens with zero attached hydrogens (tertiary/aromatic N) is 3. The van der Waals surface area contributed by atoms with Crippen molar-refractivity contribution >= 4 is 11.6 Å².